The maximum absolute atomic E-state index is 12.4. The Balaban J connectivity index is 1.64. The molecule has 0 fully saturated rings. The number of hydrogen-bond acceptors (Lipinski definition) is 7. The molecule has 10 heteroatoms. The molecule has 9 nitrogen and oxygen atoms in total. The van der Waals surface area contributed by atoms with Crippen LogP contribution in [0.15, 0.2) is 53.7 Å². The third kappa shape index (κ3) is 5.76. The Morgan fingerprint density at radius 3 is 2.65 bits per heavy atom. The van der Waals surface area contributed by atoms with Gasteiger partial charge < -0.3 is 9.88 Å². The van der Waals surface area contributed by atoms with Crippen LogP contribution in [0.1, 0.15) is 28.7 Å². The predicted molar refractivity (Wildman–Crippen MR) is 117 cm³/mol. The van der Waals surface area contributed by atoms with Crippen molar-refractivity contribution in [1.29, 1.82) is 0 Å². The van der Waals surface area contributed by atoms with Gasteiger partial charge in [0.25, 0.3) is 5.69 Å². The van der Waals surface area contributed by atoms with Crippen LogP contribution in [0.4, 0.5) is 11.4 Å². The topological polar surface area (TPSA) is 120 Å². The van der Waals surface area contributed by atoms with E-state index in [-0.39, 0.29) is 35.1 Å². The van der Waals surface area contributed by atoms with Crippen molar-refractivity contribution in [1.82, 2.24) is 14.8 Å². The number of benzene rings is 2. The highest BCUT2D eigenvalue weighted by molar-refractivity contribution is 7.99. The van der Waals surface area contributed by atoms with Crippen LogP contribution in [0.3, 0.4) is 0 Å². The second kappa shape index (κ2) is 9.98. The van der Waals surface area contributed by atoms with Crippen LogP contribution in [0.25, 0.3) is 0 Å². The lowest BCUT2D eigenvalue weighted by Gasteiger charge is -2.08. The molecule has 0 aliphatic rings. The van der Waals surface area contributed by atoms with Crippen LogP contribution in [0.2, 0.25) is 0 Å². The minimum Gasteiger partial charge on any atom is -0.326 e. The molecule has 0 unspecified atom stereocenters. The summed E-state index contributed by atoms with van der Waals surface area (Å²) in [6.45, 7) is 4.38. The van der Waals surface area contributed by atoms with E-state index in [4.69, 9.17) is 0 Å². The largest absolute Gasteiger partial charge is 0.326 e. The highest BCUT2D eigenvalue weighted by Gasteiger charge is 2.17. The van der Waals surface area contributed by atoms with E-state index in [1.54, 1.807) is 10.6 Å². The number of nitro groups is 1. The van der Waals surface area contributed by atoms with E-state index in [2.05, 4.69) is 15.5 Å². The molecule has 0 saturated carbocycles. The zero-order valence-corrected chi connectivity index (χ0v) is 17.9. The number of hydrogen-bond donors (Lipinski definition) is 1. The van der Waals surface area contributed by atoms with Gasteiger partial charge in [0.1, 0.15) is 5.82 Å². The lowest BCUT2D eigenvalue weighted by atomic mass is 10.1. The molecule has 160 valence electrons. The lowest BCUT2D eigenvalue weighted by Crippen LogP contribution is -2.17. The molecular weight excluding hydrogens is 418 g/mol. The van der Waals surface area contributed by atoms with Crippen molar-refractivity contribution in [2.75, 3.05) is 11.1 Å². The minimum absolute atomic E-state index is 0.0498. The summed E-state index contributed by atoms with van der Waals surface area (Å²) in [5, 5.41) is 22.5. The second-order valence-electron chi connectivity index (χ2n) is 6.76. The summed E-state index contributed by atoms with van der Waals surface area (Å²) in [6, 6.07) is 13.1. The van der Waals surface area contributed by atoms with Gasteiger partial charge in [-0.15, -0.1) is 10.2 Å². The number of aryl methyl sites for hydroxylation is 1. The van der Waals surface area contributed by atoms with Gasteiger partial charge in [-0.25, -0.2) is 0 Å². The molecule has 0 bridgehead atoms. The number of non-ortho nitro benzene ring substituents is 1. The molecule has 0 aliphatic heterocycles. The van der Waals surface area contributed by atoms with Crippen LogP contribution < -0.4 is 5.32 Å². The van der Waals surface area contributed by atoms with Crippen LogP contribution in [-0.4, -0.2) is 37.1 Å². The van der Waals surface area contributed by atoms with Crippen LogP contribution in [0.5, 0.6) is 0 Å². The highest BCUT2D eigenvalue weighted by atomic mass is 32.2. The average molecular weight is 439 g/mol. The first-order valence-corrected chi connectivity index (χ1v) is 10.5. The molecule has 3 aromatic rings. The molecule has 3 rings (SSSR count). The van der Waals surface area contributed by atoms with E-state index in [1.165, 1.54) is 30.0 Å². The first-order valence-electron chi connectivity index (χ1n) is 9.56. The van der Waals surface area contributed by atoms with Gasteiger partial charge in [0.2, 0.25) is 5.91 Å². The number of ketones is 1. The van der Waals surface area contributed by atoms with Crippen molar-refractivity contribution in [2.45, 2.75) is 32.0 Å². The molecule has 0 atom stereocenters. The Bertz CT molecular complexity index is 1130. The van der Waals surface area contributed by atoms with E-state index in [0.29, 0.717) is 23.2 Å². The van der Waals surface area contributed by atoms with Gasteiger partial charge in [0.15, 0.2) is 10.9 Å². The summed E-state index contributed by atoms with van der Waals surface area (Å²) >= 11 is 1.18. The predicted octanol–water partition coefficient (Wildman–Crippen LogP) is 3.67. The number of carbonyl (C=O) groups is 2. The van der Waals surface area contributed by atoms with Gasteiger partial charge in [-0.3, -0.25) is 19.7 Å². The number of aromatic nitrogens is 3. The molecule has 1 N–H and O–H groups in total. The summed E-state index contributed by atoms with van der Waals surface area (Å²) in [4.78, 5) is 35.2. The molecule has 0 saturated heterocycles. The Hall–Kier alpha value is -3.53. The Labute approximate surface area is 183 Å². The van der Waals surface area contributed by atoms with Gasteiger partial charge in [-0.1, -0.05) is 36.0 Å². The van der Waals surface area contributed by atoms with Crippen molar-refractivity contribution in [3.05, 3.63) is 75.6 Å². The monoisotopic (exact) mass is 439 g/mol. The zero-order chi connectivity index (χ0) is 22.4. The van der Waals surface area contributed by atoms with Gasteiger partial charge in [-0.2, -0.15) is 0 Å². The molecule has 0 aliphatic carbocycles. The summed E-state index contributed by atoms with van der Waals surface area (Å²) in [6.07, 6.45) is 0.0498. The molecule has 1 amide bonds. The lowest BCUT2D eigenvalue weighted by molar-refractivity contribution is -0.384. The zero-order valence-electron chi connectivity index (χ0n) is 17.1. The SMILES string of the molecule is CCn1c(CC(=O)Nc2cccc(C)c2)nnc1SCC(=O)c1cccc([N+](=O)[O-])c1. The fourth-order valence-corrected chi connectivity index (χ4v) is 3.87. The van der Waals surface area contributed by atoms with Crippen LogP contribution >= 0.6 is 11.8 Å². The van der Waals surface area contributed by atoms with E-state index in [9.17, 15) is 19.7 Å². The Kier molecular flexibility index (Phi) is 7.14. The Morgan fingerprint density at radius 2 is 1.94 bits per heavy atom. The number of amides is 1. The standard InChI is InChI=1S/C21H21N5O4S/c1-3-25-19(12-20(28)22-16-8-4-6-14(2)10-16)23-24-21(25)31-13-18(27)15-7-5-9-17(11-15)26(29)30/h4-11H,3,12-13H2,1-2H3,(H,22,28). The molecule has 0 spiro atoms. The average Bonchev–Trinajstić information content (AvgIpc) is 3.13. The van der Waals surface area contributed by atoms with E-state index in [0.717, 1.165) is 5.56 Å². The maximum Gasteiger partial charge on any atom is 0.270 e. The van der Waals surface area contributed by atoms with E-state index >= 15 is 0 Å². The van der Waals surface area contributed by atoms with Crippen molar-refractivity contribution in [2.24, 2.45) is 0 Å². The van der Waals surface area contributed by atoms with Crippen LogP contribution in [0, 0.1) is 17.0 Å². The van der Waals surface area contributed by atoms with Crippen molar-refractivity contribution in [3.63, 3.8) is 0 Å². The molecule has 31 heavy (non-hydrogen) atoms. The smallest absolute Gasteiger partial charge is 0.270 e. The number of nitrogens with zero attached hydrogens (tertiary/aromatic N) is 4. The third-order valence-electron chi connectivity index (χ3n) is 4.44. The number of nitro benzene ring substituents is 1. The van der Waals surface area contributed by atoms with Gasteiger partial charge in [0, 0.05) is 29.9 Å². The normalized spacial score (nSPS) is 10.6. The molecule has 1 aromatic heterocycles. The number of carbonyl (C=O) groups excluding carboxylic acids is 2. The van der Waals surface area contributed by atoms with Crippen molar-refractivity contribution < 1.29 is 14.5 Å². The number of thioether (sulfide) groups is 1. The van der Waals surface area contributed by atoms with Crippen LogP contribution in [-0.2, 0) is 17.8 Å². The minimum atomic E-state index is -0.536. The summed E-state index contributed by atoms with van der Waals surface area (Å²) in [7, 11) is 0. The van der Waals surface area contributed by atoms with Gasteiger partial charge in [-0.05, 0) is 31.5 Å². The highest BCUT2D eigenvalue weighted by Crippen LogP contribution is 2.21. The number of anilines is 1. The molecule has 0 radical (unpaired) electrons. The van der Waals surface area contributed by atoms with E-state index in [1.807, 2.05) is 38.1 Å². The van der Waals surface area contributed by atoms with Gasteiger partial charge >= 0.3 is 0 Å². The maximum atomic E-state index is 12.4. The first kappa shape index (κ1) is 22.2. The first-order chi connectivity index (χ1) is 14.9. The fourth-order valence-electron chi connectivity index (χ4n) is 2.95. The summed E-state index contributed by atoms with van der Waals surface area (Å²) < 4.78 is 1.78. The molecule has 2 aromatic carbocycles. The Morgan fingerprint density at radius 1 is 1.16 bits per heavy atom. The van der Waals surface area contributed by atoms with Crippen molar-refractivity contribution >= 4 is 34.8 Å². The number of rotatable bonds is 9. The summed E-state index contributed by atoms with van der Waals surface area (Å²) in [5.41, 5.74) is 1.89. The fraction of sp³-hybridized carbons (Fsp3) is 0.238. The van der Waals surface area contributed by atoms with Crippen molar-refractivity contribution in [3.8, 4) is 0 Å². The molecule has 1 heterocycles. The number of Topliss-reactive ketones (excluding diaryl/α,β-unsaturated/α-hetero) is 1. The molecular formula is C21H21N5O4S. The number of nitrogens with one attached hydrogen (secondary N) is 1. The van der Waals surface area contributed by atoms with E-state index < -0.39 is 4.92 Å². The van der Waals surface area contributed by atoms with Gasteiger partial charge in [0.05, 0.1) is 17.1 Å². The third-order valence-corrected chi connectivity index (χ3v) is 5.41. The summed E-state index contributed by atoms with van der Waals surface area (Å²) in [5.74, 6) is 0.0855. The quantitative estimate of drug-likeness (QED) is 0.234. The second-order valence-corrected chi connectivity index (χ2v) is 7.70.